The quantitative estimate of drug-likeness (QED) is 0.472. The number of nitrogens with one attached hydrogen (secondary N) is 1. The summed E-state index contributed by atoms with van der Waals surface area (Å²) < 4.78 is 10.3. The molecule has 0 aliphatic carbocycles. The summed E-state index contributed by atoms with van der Waals surface area (Å²) in [4.78, 5) is 33.4. The maximum absolute atomic E-state index is 12.4. The van der Waals surface area contributed by atoms with Crippen LogP contribution in [0.15, 0.2) is 42.5 Å². The molecule has 0 aromatic heterocycles. The minimum atomic E-state index is -1.06. The highest BCUT2D eigenvalue weighted by atomic mass is 16.6. The molecule has 2 aromatic carbocycles. The third-order valence-corrected chi connectivity index (χ3v) is 3.71. The van der Waals surface area contributed by atoms with Crippen LogP contribution in [0.3, 0.4) is 0 Å². The Morgan fingerprint density at radius 1 is 1.11 bits per heavy atom. The van der Waals surface area contributed by atoms with Gasteiger partial charge in [-0.3, -0.25) is 14.9 Å². The van der Waals surface area contributed by atoms with Gasteiger partial charge in [0, 0.05) is 12.6 Å². The molecule has 0 saturated carbocycles. The van der Waals surface area contributed by atoms with Crippen molar-refractivity contribution in [2.45, 2.75) is 13.3 Å². The summed E-state index contributed by atoms with van der Waals surface area (Å²) in [7, 11) is 0. The largest absolute Gasteiger partial charge is 0.494 e. The molecule has 0 fully saturated rings. The lowest BCUT2D eigenvalue weighted by molar-refractivity contribution is -0.385. The maximum Gasteiger partial charge on any atom is 0.341 e. The molecule has 0 aliphatic rings. The van der Waals surface area contributed by atoms with E-state index < -0.39 is 23.4 Å². The van der Waals surface area contributed by atoms with Crippen LogP contribution in [0.4, 0.5) is 5.69 Å². The molecule has 0 unspecified atom stereocenters. The molecule has 0 bridgehead atoms. The van der Waals surface area contributed by atoms with E-state index in [-0.39, 0.29) is 17.8 Å². The molecule has 0 saturated heterocycles. The normalized spacial score (nSPS) is 10.2. The second-order valence-electron chi connectivity index (χ2n) is 5.70. The standard InChI is InChI=1S/C19H20N2O7/c1-2-27-15-7-8-17(21(25)26)16(11-15)19(24)20-10-9-13-3-5-14(6-4-13)28-12-18(22)23/h3-8,11H,2,9-10,12H2,1H3,(H,20,24)(H,22,23). The smallest absolute Gasteiger partial charge is 0.341 e. The van der Waals surface area contributed by atoms with Crippen LogP contribution >= 0.6 is 0 Å². The van der Waals surface area contributed by atoms with Gasteiger partial charge in [0.05, 0.1) is 11.5 Å². The van der Waals surface area contributed by atoms with Crippen molar-refractivity contribution in [2.24, 2.45) is 0 Å². The van der Waals surface area contributed by atoms with E-state index in [2.05, 4.69) is 5.32 Å². The van der Waals surface area contributed by atoms with Gasteiger partial charge < -0.3 is 19.9 Å². The maximum atomic E-state index is 12.4. The zero-order valence-corrected chi connectivity index (χ0v) is 15.2. The predicted molar refractivity (Wildman–Crippen MR) is 99.9 cm³/mol. The number of carboxylic acids is 1. The molecule has 0 atom stereocenters. The molecule has 0 radical (unpaired) electrons. The van der Waals surface area contributed by atoms with Crippen LogP contribution in [0.1, 0.15) is 22.8 Å². The summed E-state index contributed by atoms with van der Waals surface area (Å²) >= 11 is 0. The number of aliphatic carboxylic acids is 1. The first kappa shape index (κ1) is 20.7. The zero-order valence-electron chi connectivity index (χ0n) is 15.2. The third kappa shape index (κ3) is 5.97. The number of carboxylic acid groups (broad SMARTS) is 1. The molecular formula is C19H20N2O7. The fourth-order valence-corrected chi connectivity index (χ4v) is 2.43. The Morgan fingerprint density at radius 2 is 1.79 bits per heavy atom. The summed E-state index contributed by atoms with van der Waals surface area (Å²) in [6, 6.07) is 10.8. The summed E-state index contributed by atoms with van der Waals surface area (Å²) in [6.07, 6.45) is 0.490. The van der Waals surface area contributed by atoms with Crippen LogP contribution in [0, 0.1) is 10.1 Å². The molecular weight excluding hydrogens is 368 g/mol. The van der Waals surface area contributed by atoms with Gasteiger partial charge in [-0.1, -0.05) is 12.1 Å². The van der Waals surface area contributed by atoms with Crippen molar-refractivity contribution in [2.75, 3.05) is 19.8 Å². The fourth-order valence-electron chi connectivity index (χ4n) is 2.43. The molecule has 0 aliphatic heterocycles. The van der Waals surface area contributed by atoms with Crippen LogP contribution in [0.2, 0.25) is 0 Å². The molecule has 9 heteroatoms. The van der Waals surface area contributed by atoms with Gasteiger partial charge in [-0.05, 0) is 43.2 Å². The van der Waals surface area contributed by atoms with Crippen LogP contribution in [0.25, 0.3) is 0 Å². The Morgan fingerprint density at radius 3 is 2.39 bits per heavy atom. The minimum Gasteiger partial charge on any atom is -0.494 e. The lowest BCUT2D eigenvalue weighted by Gasteiger charge is -2.09. The number of ether oxygens (including phenoxy) is 2. The predicted octanol–water partition coefficient (Wildman–Crippen LogP) is 2.43. The average Bonchev–Trinajstić information content (AvgIpc) is 2.67. The molecule has 2 N–H and O–H groups in total. The van der Waals surface area contributed by atoms with E-state index in [1.54, 1.807) is 31.2 Å². The Hall–Kier alpha value is -3.62. The average molecular weight is 388 g/mol. The zero-order chi connectivity index (χ0) is 20.5. The Bertz CT molecular complexity index is 850. The van der Waals surface area contributed by atoms with Gasteiger partial charge in [0.15, 0.2) is 6.61 Å². The highest BCUT2D eigenvalue weighted by Crippen LogP contribution is 2.24. The fraction of sp³-hybridized carbons (Fsp3) is 0.263. The van der Waals surface area contributed by atoms with Gasteiger partial charge in [0.25, 0.3) is 11.6 Å². The number of carbonyl (C=O) groups is 2. The Labute approximate surface area is 161 Å². The van der Waals surface area contributed by atoms with Gasteiger partial charge in [0.2, 0.25) is 0 Å². The first-order chi connectivity index (χ1) is 13.4. The van der Waals surface area contributed by atoms with E-state index in [1.807, 2.05) is 0 Å². The molecule has 28 heavy (non-hydrogen) atoms. The lowest BCUT2D eigenvalue weighted by Crippen LogP contribution is -2.26. The first-order valence-electron chi connectivity index (χ1n) is 8.53. The monoisotopic (exact) mass is 388 g/mol. The van der Waals surface area contributed by atoms with E-state index in [9.17, 15) is 19.7 Å². The molecule has 1 amide bonds. The number of benzene rings is 2. The van der Waals surface area contributed by atoms with Crippen molar-refractivity contribution in [1.82, 2.24) is 5.32 Å². The van der Waals surface area contributed by atoms with Crippen molar-refractivity contribution in [3.63, 3.8) is 0 Å². The minimum absolute atomic E-state index is 0.0617. The van der Waals surface area contributed by atoms with E-state index >= 15 is 0 Å². The molecule has 148 valence electrons. The van der Waals surface area contributed by atoms with E-state index in [0.29, 0.717) is 24.5 Å². The molecule has 2 aromatic rings. The number of nitro groups is 1. The van der Waals surface area contributed by atoms with Gasteiger partial charge in [-0.15, -0.1) is 0 Å². The molecule has 0 heterocycles. The van der Waals surface area contributed by atoms with Crippen molar-refractivity contribution >= 4 is 17.6 Å². The number of hydrogen-bond acceptors (Lipinski definition) is 6. The lowest BCUT2D eigenvalue weighted by atomic mass is 10.1. The number of carbonyl (C=O) groups excluding carboxylic acids is 1. The van der Waals surface area contributed by atoms with E-state index in [4.69, 9.17) is 14.6 Å². The van der Waals surface area contributed by atoms with Gasteiger partial charge in [-0.2, -0.15) is 0 Å². The topological polar surface area (TPSA) is 128 Å². The molecule has 0 spiro atoms. The third-order valence-electron chi connectivity index (χ3n) is 3.71. The summed E-state index contributed by atoms with van der Waals surface area (Å²) in [5.74, 6) is -0.808. The van der Waals surface area contributed by atoms with Crippen LogP contribution < -0.4 is 14.8 Å². The first-order valence-corrected chi connectivity index (χ1v) is 8.53. The number of hydrogen-bond donors (Lipinski definition) is 2. The van der Waals surface area contributed by atoms with Crippen molar-refractivity contribution in [1.29, 1.82) is 0 Å². The van der Waals surface area contributed by atoms with E-state index in [1.165, 1.54) is 18.2 Å². The summed E-state index contributed by atoms with van der Waals surface area (Å²) in [5.41, 5.74) is 0.537. The Balaban J connectivity index is 1.95. The second-order valence-corrected chi connectivity index (χ2v) is 5.70. The second kappa shape index (κ2) is 9.91. The van der Waals surface area contributed by atoms with Gasteiger partial charge in [0.1, 0.15) is 17.1 Å². The summed E-state index contributed by atoms with van der Waals surface area (Å²) in [6.45, 7) is 2.00. The van der Waals surface area contributed by atoms with Crippen LogP contribution in [0.5, 0.6) is 11.5 Å². The van der Waals surface area contributed by atoms with Crippen molar-refractivity contribution < 1.29 is 29.1 Å². The van der Waals surface area contributed by atoms with Gasteiger partial charge in [-0.25, -0.2) is 4.79 Å². The SMILES string of the molecule is CCOc1ccc([N+](=O)[O-])c(C(=O)NCCc2ccc(OCC(=O)O)cc2)c1. The summed E-state index contributed by atoms with van der Waals surface area (Å²) in [5, 5.41) is 22.4. The highest BCUT2D eigenvalue weighted by Gasteiger charge is 2.20. The van der Waals surface area contributed by atoms with E-state index in [0.717, 1.165) is 5.56 Å². The molecule has 2 rings (SSSR count). The number of nitro benzene ring substituents is 1. The van der Waals surface area contributed by atoms with Crippen LogP contribution in [-0.4, -0.2) is 41.7 Å². The number of nitrogens with zero attached hydrogens (tertiary/aromatic N) is 1. The van der Waals surface area contributed by atoms with Crippen LogP contribution in [-0.2, 0) is 11.2 Å². The number of rotatable bonds is 10. The number of amides is 1. The molecule has 9 nitrogen and oxygen atoms in total. The Kier molecular flexibility index (Phi) is 7.32. The van der Waals surface area contributed by atoms with Crippen molar-refractivity contribution in [3.05, 3.63) is 63.7 Å². The van der Waals surface area contributed by atoms with Gasteiger partial charge >= 0.3 is 5.97 Å². The highest BCUT2D eigenvalue weighted by molar-refractivity contribution is 5.98. The van der Waals surface area contributed by atoms with Crippen molar-refractivity contribution in [3.8, 4) is 11.5 Å².